The van der Waals surface area contributed by atoms with Gasteiger partial charge < -0.3 is 5.32 Å². The van der Waals surface area contributed by atoms with Gasteiger partial charge in [0.2, 0.25) is 5.91 Å². The number of rotatable bonds is 3. The van der Waals surface area contributed by atoms with Crippen LogP contribution in [0.25, 0.3) is 0 Å². The number of carbonyl (C=O) groups is 1. The summed E-state index contributed by atoms with van der Waals surface area (Å²) in [5, 5.41) is 2.90. The summed E-state index contributed by atoms with van der Waals surface area (Å²) >= 11 is 0. The molecule has 0 bridgehead atoms. The Balaban J connectivity index is 1.96. The van der Waals surface area contributed by atoms with Crippen LogP contribution in [0.1, 0.15) is 56.2 Å². The Morgan fingerprint density at radius 1 is 1.14 bits per heavy atom. The Kier molecular flexibility index (Phi) is 4.91. The SMILES string of the molecule is C[C@@H](NC(=O)C1CCCCC1)c1ccc(C(F)(F)F)cc1. The summed E-state index contributed by atoms with van der Waals surface area (Å²) in [6, 6.07) is 4.68. The molecule has 1 aliphatic carbocycles. The molecule has 0 aliphatic heterocycles. The summed E-state index contributed by atoms with van der Waals surface area (Å²) in [6.45, 7) is 1.79. The second-order valence-corrected chi connectivity index (χ2v) is 5.68. The van der Waals surface area contributed by atoms with Crippen molar-refractivity contribution in [1.82, 2.24) is 5.32 Å². The van der Waals surface area contributed by atoms with E-state index in [1.165, 1.54) is 18.6 Å². The van der Waals surface area contributed by atoms with Crippen LogP contribution in [0.15, 0.2) is 24.3 Å². The van der Waals surface area contributed by atoms with E-state index in [2.05, 4.69) is 5.32 Å². The lowest BCUT2D eigenvalue weighted by Crippen LogP contribution is -2.33. The van der Waals surface area contributed by atoms with E-state index in [1.54, 1.807) is 6.92 Å². The number of hydrogen-bond donors (Lipinski definition) is 1. The van der Waals surface area contributed by atoms with Crippen LogP contribution in [0, 0.1) is 5.92 Å². The van der Waals surface area contributed by atoms with Gasteiger partial charge in [-0.1, -0.05) is 31.4 Å². The molecule has 21 heavy (non-hydrogen) atoms. The van der Waals surface area contributed by atoms with Crippen LogP contribution in [0.2, 0.25) is 0 Å². The topological polar surface area (TPSA) is 29.1 Å². The summed E-state index contributed by atoms with van der Waals surface area (Å²) < 4.78 is 37.5. The Morgan fingerprint density at radius 3 is 2.24 bits per heavy atom. The van der Waals surface area contributed by atoms with Gasteiger partial charge >= 0.3 is 6.18 Å². The van der Waals surface area contributed by atoms with Crippen LogP contribution >= 0.6 is 0 Å². The van der Waals surface area contributed by atoms with Crippen molar-refractivity contribution < 1.29 is 18.0 Å². The third-order valence-electron chi connectivity index (χ3n) is 4.07. The van der Waals surface area contributed by atoms with E-state index in [0.717, 1.165) is 37.8 Å². The Bertz CT molecular complexity index is 475. The van der Waals surface area contributed by atoms with Crippen LogP contribution in [0.5, 0.6) is 0 Å². The third-order valence-corrected chi connectivity index (χ3v) is 4.07. The van der Waals surface area contributed by atoms with Crippen LogP contribution in [-0.2, 0) is 11.0 Å². The fraction of sp³-hybridized carbons (Fsp3) is 0.562. The maximum Gasteiger partial charge on any atom is 0.416 e. The lowest BCUT2D eigenvalue weighted by atomic mass is 9.88. The van der Waals surface area contributed by atoms with Crippen molar-refractivity contribution in [1.29, 1.82) is 0 Å². The van der Waals surface area contributed by atoms with Gasteiger partial charge in [-0.3, -0.25) is 4.79 Å². The zero-order valence-corrected chi connectivity index (χ0v) is 12.0. The lowest BCUT2D eigenvalue weighted by molar-refractivity contribution is -0.137. The predicted molar refractivity (Wildman–Crippen MR) is 74.6 cm³/mol. The van der Waals surface area contributed by atoms with Crippen molar-refractivity contribution in [2.75, 3.05) is 0 Å². The van der Waals surface area contributed by atoms with Crippen LogP contribution in [0.4, 0.5) is 13.2 Å². The van der Waals surface area contributed by atoms with E-state index < -0.39 is 11.7 Å². The molecule has 2 rings (SSSR count). The molecule has 1 atom stereocenters. The number of nitrogens with one attached hydrogen (secondary N) is 1. The van der Waals surface area contributed by atoms with Gasteiger partial charge in [-0.15, -0.1) is 0 Å². The smallest absolute Gasteiger partial charge is 0.349 e. The van der Waals surface area contributed by atoms with Crippen molar-refractivity contribution in [3.63, 3.8) is 0 Å². The number of halogens is 3. The van der Waals surface area contributed by atoms with Gasteiger partial charge in [-0.25, -0.2) is 0 Å². The number of carbonyl (C=O) groups excluding carboxylic acids is 1. The molecule has 1 aromatic rings. The van der Waals surface area contributed by atoms with E-state index >= 15 is 0 Å². The highest BCUT2D eigenvalue weighted by molar-refractivity contribution is 5.79. The van der Waals surface area contributed by atoms with Gasteiger partial charge in [0.25, 0.3) is 0 Å². The van der Waals surface area contributed by atoms with E-state index in [1.807, 2.05) is 0 Å². The standard InChI is InChI=1S/C16H20F3NO/c1-11(20-15(21)13-5-3-2-4-6-13)12-7-9-14(10-8-12)16(17,18)19/h7-11,13H,2-6H2,1H3,(H,20,21)/t11-/m1/s1. The molecule has 0 radical (unpaired) electrons. The summed E-state index contributed by atoms with van der Waals surface area (Å²) in [7, 11) is 0. The molecular formula is C16H20F3NO. The minimum atomic E-state index is -4.33. The normalized spacial score (nSPS) is 18.3. The van der Waals surface area contributed by atoms with Crippen molar-refractivity contribution in [2.24, 2.45) is 5.92 Å². The molecule has 1 aliphatic rings. The molecule has 1 aromatic carbocycles. The van der Waals surface area contributed by atoms with Crippen molar-refractivity contribution >= 4 is 5.91 Å². The first-order valence-corrected chi connectivity index (χ1v) is 7.35. The van der Waals surface area contributed by atoms with Crippen LogP contribution < -0.4 is 5.32 Å². The molecule has 0 spiro atoms. The highest BCUT2D eigenvalue weighted by Gasteiger charge is 2.30. The first-order chi connectivity index (χ1) is 9.88. The molecule has 5 heteroatoms. The largest absolute Gasteiger partial charge is 0.416 e. The Hall–Kier alpha value is -1.52. The average molecular weight is 299 g/mol. The fourth-order valence-corrected chi connectivity index (χ4v) is 2.74. The van der Waals surface area contributed by atoms with Crippen LogP contribution in [-0.4, -0.2) is 5.91 Å². The Morgan fingerprint density at radius 2 is 1.71 bits per heavy atom. The summed E-state index contributed by atoms with van der Waals surface area (Å²) in [5.74, 6) is 0.0674. The van der Waals surface area contributed by atoms with Gasteiger partial charge in [0, 0.05) is 5.92 Å². The monoisotopic (exact) mass is 299 g/mol. The van der Waals surface area contributed by atoms with Gasteiger partial charge in [-0.2, -0.15) is 13.2 Å². The molecular weight excluding hydrogens is 279 g/mol. The molecule has 0 heterocycles. The number of benzene rings is 1. The van der Waals surface area contributed by atoms with E-state index in [9.17, 15) is 18.0 Å². The summed E-state index contributed by atoms with van der Waals surface area (Å²) in [6.07, 6.45) is 0.821. The van der Waals surface area contributed by atoms with E-state index in [-0.39, 0.29) is 17.9 Å². The lowest BCUT2D eigenvalue weighted by Gasteiger charge is -2.23. The summed E-state index contributed by atoms with van der Waals surface area (Å²) in [4.78, 5) is 12.1. The highest BCUT2D eigenvalue weighted by atomic mass is 19.4. The molecule has 0 unspecified atom stereocenters. The minimum absolute atomic E-state index is 0.0158. The Labute approximate surface area is 122 Å². The van der Waals surface area contributed by atoms with Crippen molar-refractivity contribution in [2.45, 2.75) is 51.2 Å². The maximum absolute atomic E-state index is 12.5. The fourth-order valence-electron chi connectivity index (χ4n) is 2.74. The molecule has 1 fully saturated rings. The molecule has 0 saturated heterocycles. The highest BCUT2D eigenvalue weighted by Crippen LogP contribution is 2.30. The second-order valence-electron chi connectivity index (χ2n) is 5.68. The average Bonchev–Trinajstić information content (AvgIpc) is 2.47. The zero-order chi connectivity index (χ0) is 15.5. The third kappa shape index (κ3) is 4.22. The molecule has 2 nitrogen and oxygen atoms in total. The number of alkyl halides is 3. The van der Waals surface area contributed by atoms with Crippen molar-refractivity contribution in [3.05, 3.63) is 35.4 Å². The molecule has 0 aromatic heterocycles. The maximum atomic E-state index is 12.5. The first-order valence-electron chi connectivity index (χ1n) is 7.35. The first kappa shape index (κ1) is 15.9. The molecule has 1 amide bonds. The summed E-state index contributed by atoms with van der Waals surface area (Å²) in [5.41, 5.74) is 0.0178. The van der Waals surface area contributed by atoms with Crippen molar-refractivity contribution in [3.8, 4) is 0 Å². The quantitative estimate of drug-likeness (QED) is 0.877. The minimum Gasteiger partial charge on any atom is -0.349 e. The van der Waals surface area contributed by atoms with Gasteiger partial charge in [0.15, 0.2) is 0 Å². The number of hydrogen-bond acceptors (Lipinski definition) is 1. The van der Waals surface area contributed by atoms with Gasteiger partial charge in [-0.05, 0) is 37.5 Å². The molecule has 1 saturated carbocycles. The second kappa shape index (κ2) is 6.50. The molecule has 116 valence electrons. The predicted octanol–water partition coefficient (Wildman–Crippen LogP) is 4.46. The number of amides is 1. The van der Waals surface area contributed by atoms with Gasteiger partial charge in [0.1, 0.15) is 0 Å². The molecule has 1 N–H and O–H groups in total. The van der Waals surface area contributed by atoms with E-state index in [0.29, 0.717) is 5.56 Å². The van der Waals surface area contributed by atoms with Crippen LogP contribution in [0.3, 0.4) is 0 Å². The van der Waals surface area contributed by atoms with E-state index in [4.69, 9.17) is 0 Å². The zero-order valence-electron chi connectivity index (χ0n) is 12.0. The van der Waals surface area contributed by atoms with Gasteiger partial charge in [0.05, 0.1) is 11.6 Å².